The molecule has 2 aliphatic heterocycles. The number of amides is 1. The van der Waals surface area contributed by atoms with E-state index in [2.05, 4.69) is 16.0 Å². The van der Waals surface area contributed by atoms with Crippen LogP contribution in [0.15, 0.2) is 60.8 Å². The van der Waals surface area contributed by atoms with E-state index in [4.69, 9.17) is 0 Å². The van der Waals surface area contributed by atoms with E-state index in [1.807, 2.05) is 54.4 Å². The average molecular weight is 375 g/mol. The number of aromatic nitrogens is 1. The first-order valence-electron chi connectivity index (χ1n) is 9.68. The molecule has 0 atom stereocenters. The van der Waals surface area contributed by atoms with Gasteiger partial charge < -0.3 is 14.8 Å². The normalized spacial score (nSPS) is 17.0. The lowest BCUT2D eigenvalue weighted by Crippen LogP contribution is -2.51. The topological polar surface area (TPSA) is 37.3 Å². The molecule has 1 N–H and O–H groups in total. The molecule has 0 saturated carbocycles. The second-order valence-corrected chi connectivity index (χ2v) is 7.79. The Hall–Kier alpha value is -3.08. The lowest BCUT2D eigenvalue weighted by Gasteiger charge is -2.46. The Kier molecular flexibility index (Phi) is 3.79. The highest BCUT2D eigenvalue weighted by Gasteiger charge is 2.42. The zero-order chi connectivity index (χ0) is 19.3. The van der Waals surface area contributed by atoms with E-state index in [1.54, 1.807) is 6.07 Å². The lowest BCUT2D eigenvalue weighted by atomic mass is 9.82. The van der Waals surface area contributed by atoms with Gasteiger partial charge in [0.25, 0.3) is 5.91 Å². The van der Waals surface area contributed by atoms with E-state index in [1.165, 1.54) is 11.8 Å². The average Bonchev–Trinajstić information content (AvgIpc) is 3.19. The summed E-state index contributed by atoms with van der Waals surface area (Å²) >= 11 is 0. The SMILES string of the molecule is Cc1cccc(C(=O)N2CCC3(CC2)Nc2cc(F)ccc2-n2cccc23)c1. The van der Waals surface area contributed by atoms with Gasteiger partial charge in [0.15, 0.2) is 0 Å². The van der Waals surface area contributed by atoms with E-state index in [0.717, 1.165) is 35.3 Å². The zero-order valence-corrected chi connectivity index (χ0v) is 15.8. The number of aryl methyl sites for hydroxylation is 1. The molecule has 5 rings (SSSR count). The van der Waals surface area contributed by atoms with Crippen molar-refractivity contribution in [3.63, 3.8) is 0 Å². The van der Waals surface area contributed by atoms with Crippen LogP contribution in [-0.4, -0.2) is 28.5 Å². The van der Waals surface area contributed by atoms with Crippen molar-refractivity contribution in [3.05, 3.63) is 83.4 Å². The van der Waals surface area contributed by atoms with Gasteiger partial charge in [-0.25, -0.2) is 4.39 Å². The van der Waals surface area contributed by atoms with Gasteiger partial charge in [0.1, 0.15) is 5.82 Å². The summed E-state index contributed by atoms with van der Waals surface area (Å²) in [5, 5.41) is 3.61. The van der Waals surface area contributed by atoms with Gasteiger partial charge in [-0.3, -0.25) is 4.79 Å². The fourth-order valence-corrected chi connectivity index (χ4v) is 4.55. The summed E-state index contributed by atoms with van der Waals surface area (Å²) in [6.45, 7) is 3.32. The van der Waals surface area contributed by atoms with Crippen LogP contribution in [0.2, 0.25) is 0 Å². The molecule has 5 heteroatoms. The molecular weight excluding hydrogens is 353 g/mol. The van der Waals surface area contributed by atoms with Crippen molar-refractivity contribution in [1.82, 2.24) is 9.47 Å². The third kappa shape index (κ3) is 2.61. The van der Waals surface area contributed by atoms with Crippen molar-refractivity contribution in [3.8, 4) is 5.69 Å². The predicted molar refractivity (Wildman–Crippen MR) is 107 cm³/mol. The van der Waals surface area contributed by atoms with Crippen molar-refractivity contribution in [2.24, 2.45) is 0 Å². The molecule has 28 heavy (non-hydrogen) atoms. The number of carbonyl (C=O) groups is 1. The number of nitrogens with zero attached hydrogens (tertiary/aromatic N) is 2. The molecular formula is C23H22FN3O. The van der Waals surface area contributed by atoms with Crippen LogP contribution in [0.5, 0.6) is 0 Å². The van der Waals surface area contributed by atoms with Gasteiger partial charge in [-0.15, -0.1) is 0 Å². The van der Waals surface area contributed by atoms with Crippen molar-refractivity contribution in [2.75, 3.05) is 18.4 Å². The standard InChI is InChI=1S/C23H22FN3O/c1-16-4-2-5-17(14-16)22(28)26-12-9-23(10-13-26)21-6-3-11-27(21)20-8-7-18(24)15-19(20)25-23/h2-8,11,14-15,25H,9-10,12-13H2,1H3. The maximum absolute atomic E-state index is 13.8. The Balaban J connectivity index is 1.42. The lowest BCUT2D eigenvalue weighted by molar-refractivity contribution is 0.0676. The van der Waals surface area contributed by atoms with Crippen LogP contribution in [0.4, 0.5) is 10.1 Å². The van der Waals surface area contributed by atoms with Crippen LogP contribution in [0.25, 0.3) is 5.69 Å². The molecule has 142 valence electrons. The fraction of sp³-hybridized carbons (Fsp3) is 0.261. The molecule has 0 unspecified atom stereocenters. The quantitative estimate of drug-likeness (QED) is 0.681. The first kappa shape index (κ1) is 17.0. The minimum Gasteiger partial charge on any atom is -0.372 e. The summed E-state index contributed by atoms with van der Waals surface area (Å²) < 4.78 is 16.0. The van der Waals surface area contributed by atoms with Crippen LogP contribution < -0.4 is 5.32 Å². The van der Waals surface area contributed by atoms with E-state index in [-0.39, 0.29) is 17.3 Å². The summed E-state index contributed by atoms with van der Waals surface area (Å²) in [5.74, 6) is -0.166. The molecule has 1 amide bonds. The molecule has 4 nitrogen and oxygen atoms in total. The number of rotatable bonds is 1. The molecule has 0 aliphatic carbocycles. The van der Waals surface area contributed by atoms with Gasteiger partial charge in [0.05, 0.1) is 16.9 Å². The van der Waals surface area contributed by atoms with Gasteiger partial charge in [0, 0.05) is 30.5 Å². The van der Waals surface area contributed by atoms with Crippen LogP contribution in [0.3, 0.4) is 0 Å². The number of hydrogen-bond donors (Lipinski definition) is 1. The maximum Gasteiger partial charge on any atom is 0.253 e. The number of nitrogens with one attached hydrogen (secondary N) is 1. The van der Waals surface area contributed by atoms with Crippen molar-refractivity contribution >= 4 is 11.6 Å². The number of fused-ring (bicyclic) bond motifs is 4. The number of carbonyl (C=O) groups excluding carboxylic acids is 1. The minimum absolute atomic E-state index is 0.0798. The molecule has 0 bridgehead atoms. The summed E-state index contributed by atoms with van der Waals surface area (Å²) in [4.78, 5) is 14.8. The Morgan fingerprint density at radius 2 is 1.89 bits per heavy atom. The molecule has 2 aromatic carbocycles. The summed E-state index contributed by atoms with van der Waals surface area (Å²) in [5.41, 5.74) is 4.49. The summed E-state index contributed by atoms with van der Waals surface area (Å²) in [6.07, 6.45) is 3.59. The predicted octanol–water partition coefficient (Wildman–Crippen LogP) is 4.48. The Bertz CT molecular complexity index is 1060. The van der Waals surface area contributed by atoms with Gasteiger partial charge in [-0.2, -0.15) is 0 Å². The second kappa shape index (κ2) is 6.23. The number of halogens is 1. The Labute approximate surface area is 163 Å². The van der Waals surface area contributed by atoms with Gasteiger partial charge in [-0.05, 0) is 62.2 Å². The largest absolute Gasteiger partial charge is 0.372 e. The maximum atomic E-state index is 13.8. The van der Waals surface area contributed by atoms with Gasteiger partial charge in [0.2, 0.25) is 0 Å². The monoisotopic (exact) mass is 375 g/mol. The number of hydrogen-bond acceptors (Lipinski definition) is 2. The van der Waals surface area contributed by atoms with Crippen molar-refractivity contribution in [2.45, 2.75) is 25.3 Å². The van der Waals surface area contributed by atoms with Crippen LogP contribution >= 0.6 is 0 Å². The Morgan fingerprint density at radius 3 is 2.68 bits per heavy atom. The molecule has 1 fully saturated rings. The molecule has 3 aromatic rings. The smallest absolute Gasteiger partial charge is 0.253 e. The molecule has 1 saturated heterocycles. The third-order valence-electron chi connectivity index (χ3n) is 6.00. The number of anilines is 1. The van der Waals surface area contributed by atoms with Gasteiger partial charge >= 0.3 is 0 Å². The molecule has 2 aliphatic rings. The highest BCUT2D eigenvalue weighted by Crippen LogP contribution is 2.43. The highest BCUT2D eigenvalue weighted by atomic mass is 19.1. The van der Waals surface area contributed by atoms with E-state index in [9.17, 15) is 9.18 Å². The van der Waals surface area contributed by atoms with E-state index in [0.29, 0.717) is 13.1 Å². The fourth-order valence-electron chi connectivity index (χ4n) is 4.55. The first-order valence-corrected chi connectivity index (χ1v) is 9.68. The van der Waals surface area contributed by atoms with Crippen LogP contribution in [-0.2, 0) is 5.54 Å². The summed E-state index contributed by atoms with van der Waals surface area (Å²) in [7, 11) is 0. The van der Waals surface area contributed by atoms with Gasteiger partial charge in [-0.1, -0.05) is 17.7 Å². The molecule has 3 heterocycles. The van der Waals surface area contributed by atoms with E-state index >= 15 is 0 Å². The highest BCUT2D eigenvalue weighted by molar-refractivity contribution is 5.94. The molecule has 1 spiro atoms. The van der Waals surface area contributed by atoms with Crippen molar-refractivity contribution < 1.29 is 9.18 Å². The summed E-state index contributed by atoms with van der Waals surface area (Å²) in [6, 6.07) is 16.8. The Morgan fingerprint density at radius 1 is 1.07 bits per heavy atom. The number of piperidine rings is 1. The number of likely N-dealkylation sites (tertiary alicyclic amines) is 1. The number of benzene rings is 2. The molecule has 0 radical (unpaired) electrons. The van der Waals surface area contributed by atoms with Crippen LogP contribution in [0.1, 0.15) is 34.5 Å². The zero-order valence-electron chi connectivity index (χ0n) is 15.8. The third-order valence-corrected chi connectivity index (χ3v) is 6.00. The molecule has 1 aromatic heterocycles. The van der Waals surface area contributed by atoms with E-state index < -0.39 is 0 Å². The van der Waals surface area contributed by atoms with Crippen molar-refractivity contribution in [1.29, 1.82) is 0 Å². The first-order chi connectivity index (χ1) is 13.6. The minimum atomic E-state index is -0.284. The van der Waals surface area contributed by atoms with Crippen LogP contribution in [0, 0.1) is 12.7 Å². The second-order valence-electron chi connectivity index (χ2n) is 7.79.